The molecule has 0 bridgehead atoms. The van der Waals surface area contributed by atoms with Gasteiger partial charge in [-0.1, -0.05) is 32.1 Å². The van der Waals surface area contributed by atoms with Crippen molar-refractivity contribution in [1.29, 1.82) is 0 Å². The van der Waals surface area contributed by atoms with Gasteiger partial charge in [0.05, 0.1) is 0 Å². The summed E-state index contributed by atoms with van der Waals surface area (Å²) in [5, 5.41) is 6.60. The molecule has 3 aliphatic rings. The van der Waals surface area contributed by atoms with Gasteiger partial charge in [0, 0.05) is 12.5 Å². The highest BCUT2D eigenvalue weighted by Gasteiger charge is 2.57. The summed E-state index contributed by atoms with van der Waals surface area (Å²) < 4.78 is 0. The molecule has 19 heavy (non-hydrogen) atoms. The Morgan fingerprint density at radius 3 is 2.63 bits per heavy atom. The molecule has 0 radical (unpaired) electrons. The van der Waals surface area contributed by atoms with Gasteiger partial charge in [-0.25, -0.2) is 0 Å². The number of carbonyl (C=O) groups excluding carboxylic acids is 1. The fourth-order valence-corrected chi connectivity index (χ4v) is 4.19. The van der Waals surface area contributed by atoms with Gasteiger partial charge < -0.3 is 10.6 Å². The number of hydrogen-bond donors (Lipinski definition) is 2. The summed E-state index contributed by atoms with van der Waals surface area (Å²) in [5.74, 6) is 1.56. The largest absolute Gasteiger partial charge is 0.356 e. The second-order valence-corrected chi connectivity index (χ2v) is 6.95. The zero-order valence-corrected chi connectivity index (χ0v) is 12.0. The van der Waals surface area contributed by atoms with Crippen LogP contribution in [0.3, 0.4) is 0 Å². The van der Waals surface area contributed by atoms with Gasteiger partial charge in [0.25, 0.3) is 0 Å². The van der Waals surface area contributed by atoms with E-state index in [1.807, 2.05) is 0 Å². The Hall–Kier alpha value is -0.570. The summed E-state index contributed by atoms with van der Waals surface area (Å²) in [7, 11) is 0. The lowest BCUT2D eigenvalue weighted by Crippen LogP contribution is -2.34. The molecule has 2 aliphatic carbocycles. The van der Waals surface area contributed by atoms with Crippen LogP contribution in [0.25, 0.3) is 0 Å². The van der Waals surface area contributed by atoms with E-state index in [4.69, 9.17) is 0 Å². The molecular weight excluding hydrogens is 236 g/mol. The molecule has 1 atom stereocenters. The summed E-state index contributed by atoms with van der Waals surface area (Å²) in [6.45, 7) is 3.12. The maximum atomic E-state index is 12.2. The molecule has 1 aliphatic heterocycles. The van der Waals surface area contributed by atoms with Crippen molar-refractivity contribution < 1.29 is 4.79 Å². The van der Waals surface area contributed by atoms with Crippen LogP contribution in [-0.4, -0.2) is 25.5 Å². The van der Waals surface area contributed by atoms with Gasteiger partial charge in [-0.3, -0.25) is 4.79 Å². The van der Waals surface area contributed by atoms with Crippen molar-refractivity contribution in [1.82, 2.24) is 10.6 Å². The van der Waals surface area contributed by atoms with E-state index in [2.05, 4.69) is 10.6 Å². The highest BCUT2D eigenvalue weighted by atomic mass is 16.2. The van der Waals surface area contributed by atoms with Crippen molar-refractivity contribution in [2.24, 2.45) is 17.3 Å². The molecule has 3 nitrogen and oxygen atoms in total. The van der Waals surface area contributed by atoms with E-state index in [0.29, 0.717) is 17.2 Å². The molecule has 1 heterocycles. The lowest BCUT2D eigenvalue weighted by molar-refractivity contribution is -0.123. The van der Waals surface area contributed by atoms with Crippen molar-refractivity contribution in [3.8, 4) is 0 Å². The quantitative estimate of drug-likeness (QED) is 0.819. The summed E-state index contributed by atoms with van der Waals surface area (Å²) in [6.07, 6.45) is 11.7. The Morgan fingerprint density at radius 1 is 1.16 bits per heavy atom. The molecule has 1 saturated heterocycles. The van der Waals surface area contributed by atoms with Crippen LogP contribution in [0.2, 0.25) is 0 Å². The van der Waals surface area contributed by atoms with Crippen LogP contribution in [0.1, 0.15) is 57.8 Å². The number of amides is 1. The van der Waals surface area contributed by atoms with Gasteiger partial charge in [-0.05, 0) is 50.1 Å². The molecule has 108 valence electrons. The Kier molecular flexibility index (Phi) is 4.11. The normalized spacial score (nSPS) is 30.2. The van der Waals surface area contributed by atoms with E-state index >= 15 is 0 Å². The van der Waals surface area contributed by atoms with E-state index in [1.165, 1.54) is 51.4 Å². The fourth-order valence-electron chi connectivity index (χ4n) is 4.19. The van der Waals surface area contributed by atoms with Crippen molar-refractivity contribution in [3.63, 3.8) is 0 Å². The summed E-state index contributed by atoms with van der Waals surface area (Å²) in [6, 6.07) is 0. The summed E-state index contributed by atoms with van der Waals surface area (Å²) in [4.78, 5) is 12.2. The number of carbonyl (C=O) groups is 1. The van der Waals surface area contributed by atoms with Gasteiger partial charge in [-0.2, -0.15) is 0 Å². The Balaban J connectivity index is 1.35. The molecule has 1 amide bonds. The van der Waals surface area contributed by atoms with Gasteiger partial charge in [0.1, 0.15) is 0 Å². The Labute approximate surface area is 116 Å². The van der Waals surface area contributed by atoms with Crippen LogP contribution in [0.4, 0.5) is 0 Å². The highest BCUT2D eigenvalue weighted by Crippen LogP contribution is 2.58. The third-order valence-corrected chi connectivity index (χ3v) is 5.68. The predicted octanol–water partition coefficient (Wildman–Crippen LogP) is 2.46. The van der Waals surface area contributed by atoms with Crippen LogP contribution >= 0.6 is 0 Å². The standard InChI is InChI=1S/C16H28N2O/c19-15(14-12-16(14)7-10-17-11-8-16)18-9-6-13-4-2-1-3-5-13/h13-14,17H,1-12H2,(H,18,19). The second kappa shape index (κ2) is 5.82. The molecular formula is C16H28N2O. The molecule has 3 heteroatoms. The number of nitrogens with one attached hydrogen (secondary N) is 2. The lowest BCUT2D eigenvalue weighted by Gasteiger charge is -2.24. The monoisotopic (exact) mass is 264 g/mol. The average molecular weight is 264 g/mol. The fraction of sp³-hybridized carbons (Fsp3) is 0.938. The molecule has 3 rings (SSSR count). The molecule has 0 aromatic carbocycles. The maximum absolute atomic E-state index is 12.2. The maximum Gasteiger partial charge on any atom is 0.223 e. The van der Waals surface area contributed by atoms with Crippen LogP contribution in [0, 0.1) is 17.3 Å². The highest BCUT2D eigenvalue weighted by molar-refractivity contribution is 5.82. The van der Waals surface area contributed by atoms with Crippen molar-refractivity contribution in [3.05, 3.63) is 0 Å². The number of rotatable bonds is 4. The topological polar surface area (TPSA) is 41.1 Å². The minimum atomic E-state index is 0.334. The van der Waals surface area contributed by atoms with E-state index < -0.39 is 0 Å². The molecule has 2 N–H and O–H groups in total. The van der Waals surface area contributed by atoms with E-state index in [9.17, 15) is 4.79 Å². The van der Waals surface area contributed by atoms with Crippen LogP contribution in [-0.2, 0) is 4.79 Å². The van der Waals surface area contributed by atoms with Gasteiger partial charge >= 0.3 is 0 Å². The van der Waals surface area contributed by atoms with Crippen LogP contribution in [0.15, 0.2) is 0 Å². The first-order valence-electron chi connectivity index (χ1n) is 8.29. The van der Waals surface area contributed by atoms with Crippen molar-refractivity contribution in [2.45, 2.75) is 57.8 Å². The summed E-state index contributed by atoms with van der Waals surface area (Å²) >= 11 is 0. The third kappa shape index (κ3) is 3.13. The SMILES string of the molecule is O=C(NCCC1CCCCC1)C1CC12CCNCC2. The molecule has 1 unspecified atom stereocenters. The Morgan fingerprint density at radius 2 is 1.89 bits per heavy atom. The first kappa shape index (κ1) is 13.4. The minimum Gasteiger partial charge on any atom is -0.356 e. The molecule has 3 fully saturated rings. The first-order chi connectivity index (χ1) is 9.30. The van der Waals surface area contributed by atoms with Crippen molar-refractivity contribution in [2.75, 3.05) is 19.6 Å². The first-order valence-corrected chi connectivity index (χ1v) is 8.29. The molecule has 0 aromatic rings. The van der Waals surface area contributed by atoms with Crippen LogP contribution in [0.5, 0.6) is 0 Å². The van der Waals surface area contributed by atoms with E-state index in [1.54, 1.807) is 0 Å². The number of piperidine rings is 1. The number of hydrogen-bond acceptors (Lipinski definition) is 2. The zero-order chi connectivity index (χ0) is 13.1. The minimum absolute atomic E-state index is 0.334. The van der Waals surface area contributed by atoms with E-state index in [-0.39, 0.29) is 0 Å². The van der Waals surface area contributed by atoms with Crippen molar-refractivity contribution >= 4 is 5.91 Å². The predicted molar refractivity (Wildman–Crippen MR) is 76.8 cm³/mol. The average Bonchev–Trinajstić information content (AvgIpc) is 3.14. The molecule has 2 saturated carbocycles. The summed E-state index contributed by atoms with van der Waals surface area (Å²) in [5.41, 5.74) is 0.389. The molecule has 0 aromatic heterocycles. The molecule has 1 spiro atoms. The zero-order valence-electron chi connectivity index (χ0n) is 12.0. The van der Waals surface area contributed by atoms with Gasteiger partial charge in [0.15, 0.2) is 0 Å². The third-order valence-electron chi connectivity index (χ3n) is 5.68. The van der Waals surface area contributed by atoms with Gasteiger partial charge in [0.2, 0.25) is 5.91 Å². The second-order valence-electron chi connectivity index (χ2n) is 6.95. The van der Waals surface area contributed by atoms with Gasteiger partial charge in [-0.15, -0.1) is 0 Å². The Bertz CT molecular complexity index is 317. The lowest BCUT2D eigenvalue weighted by atomic mass is 9.87. The van der Waals surface area contributed by atoms with Crippen LogP contribution < -0.4 is 10.6 Å². The smallest absolute Gasteiger partial charge is 0.223 e. The van der Waals surface area contributed by atoms with E-state index in [0.717, 1.165) is 32.0 Å².